The number of rotatable bonds is 12. The van der Waals surface area contributed by atoms with Gasteiger partial charge in [0.15, 0.2) is 18.2 Å². The van der Waals surface area contributed by atoms with Crippen molar-refractivity contribution in [3.05, 3.63) is 54.5 Å². The van der Waals surface area contributed by atoms with Crippen LogP contribution in [0.5, 0.6) is 5.75 Å². The summed E-state index contributed by atoms with van der Waals surface area (Å²) in [6.07, 6.45) is 4.31. The summed E-state index contributed by atoms with van der Waals surface area (Å²) in [5, 5.41) is 0.590. The second-order valence-electron chi connectivity index (χ2n) is 10.1. The highest BCUT2D eigenvalue weighted by Crippen LogP contribution is 2.39. The highest BCUT2D eigenvalue weighted by Gasteiger charge is 2.23. The predicted octanol–water partition coefficient (Wildman–Crippen LogP) is 4.05. The maximum atomic E-state index is 15.9. The van der Waals surface area contributed by atoms with E-state index in [0.29, 0.717) is 71.5 Å². The van der Waals surface area contributed by atoms with Crippen molar-refractivity contribution < 1.29 is 22.9 Å². The van der Waals surface area contributed by atoms with Crippen molar-refractivity contribution in [3.63, 3.8) is 0 Å². The molecule has 2 aromatic carbocycles. The lowest BCUT2D eigenvalue weighted by atomic mass is 10.0. The van der Waals surface area contributed by atoms with E-state index in [0.717, 1.165) is 19.3 Å². The topological polar surface area (TPSA) is 159 Å². The van der Waals surface area contributed by atoms with E-state index < -0.39 is 29.3 Å². The number of nitrogen functional groups attached to an aromatic ring is 1. The summed E-state index contributed by atoms with van der Waals surface area (Å²) in [5.41, 5.74) is 13.1. The summed E-state index contributed by atoms with van der Waals surface area (Å²) in [6, 6.07) is 11.7. The first kappa shape index (κ1) is 30.1. The number of amides is 1. The van der Waals surface area contributed by atoms with Crippen molar-refractivity contribution in [2.24, 2.45) is 5.73 Å². The quantitative estimate of drug-likeness (QED) is 0.202. The van der Waals surface area contributed by atoms with Crippen LogP contribution in [-0.4, -0.2) is 63.7 Å². The van der Waals surface area contributed by atoms with Gasteiger partial charge < -0.3 is 30.6 Å². The van der Waals surface area contributed by atoms with Crippen molar-refractivity contribution in [3.8, 4) is 28.3 Å². The molecule has 13 heteroatoms. The zero-order valence-electron chi connectivity index (χ0n) is 23.8. The third-order valence-electron chi connectivity index (χ3n) is 6.94. The van der Waals surface area contributed by atoms with Crippen molar-refractivity contribution in [2.45, 2.75) is 26.2 Å². The van der Waals surface area contributed by atoms with Gasteiger partial charge in [-0.1, -0.05) is 31.9 Å². The number of aromatic nitrogens is 3. The lowest BCUT2D eigenvalue weighted by molar-refractivity contribution is -0.119. The number of carbonyl (C=O) groups excluding carboxylic acids is 1. The van der Waals surface area contributed by atoms with Crippen molar-refractivity contribution in [1.82, 2.24) is 15.0 Å². The van der Waals surface area contributed by atoms with Crippen LogP contribution in [0, 0.1) is 5.82 Å². The molecule has 1 aliphatic heterocycles. The zero-order chi connectivity index (χ0) is 30.3. The number of nitrogens with zero attached hydrogens (tertiary/aromatic N) is 4. The summed E-state index contributed by atoms with van der Waals surface area (Å²) in [6.45, 7) is 3.82. The summed E-state index contributed by atoms with van der Waals surface area (Å²) in [4.78, 5) is 27.6. The molecule has 0 radical (unpaired) electrons. The van der Waals surface area contributed by atoms with Gasteiger partial charge in [-0.2, -0.15) is 0 Å². The zero-order valence-corrected chi connectivity index (χ0v) is 24.7. The number of halogens is 1. The number of carbonyl (C=O) groups is 1. The number of nitrogens with two attached hydrogens (primary N) is 2. The van der Waals surface area contributed by atoms with Gasteiger partial charge in [0.05, 0.1) is 18.9 Å². The number of hydrogen-bond donors (Lipinski definition) is 3. The molecule has 0 aliphatic carbocycles. The van der Waals surface area contributed by atoms with E-state index in [1.54, 1.807) is 48.7 Å². The molecule has 4 aromatic rings. The molecular formula is C30H34FN7O4S. The van der Waals surface area contributed by atoms with Crippen LogP contribution in [0.2, 0.25) is 0 Å². The fourth-order valence-corrected chi connectivity index (χ4v) is 5.74. The van der Waals surface area contributed by atoms with Gasteiger partial charge in [-0.15, -0.1) is 0 Å². The van der Waals surface area contributed by atoms with Crippen molar-refractivity contribution in [1.29, 1.82) is 0 Å². The normalized spacial score (nSPS) is 14.0. The smallest absolute Gasteiger partial charge is 0.255 e. The van der Waals surface area contributed by atoms with E-state index in [1.807, 2.05) is 0 Å². The SMILES string of the molecule is CCCCCS(=O)Nc1cccc(-c2cc(OCC(N)=O)c3nc(-c4ccc(N)nc4)nc(N4CCOCC4)c3c2)c1F. The van der Waals surface area contributed by atoms with Gasteiger partial charge in [0.2, 0.25) is 0 Å². The van der Waals surface area contributed by atoms with Gasteiger partial charge in [-0.05, 0) is 42.3 Å². The van der Waals surface area contributed by atoms with E-state index in [2.05, 4.69) is 21.5 Å². The van der Waals surface area contributed by atoms with E-state index in [9.17, 15) is 9.00 Å². The second-order valence-corrected chi connectivity index (χ2v) is 11.4. The summed E-state index contributed by atoms with van der Waals surface area (Å²) in [7, 11) is -1.43. The first-order chi connectivity index (χ1) is 20.8. The Morgan fingerprint density at radius 1 is 1.14 bits per heavy atom. The fourth-order valence-electron chi connectivity index (χ4n) is 4.77. The molecule has 1 aliphatic rings. The molecule has 0 bridgehead atoms. The minimum atomic E-state index is -1.43. The average Bonchev–Trinajstić information content (AvgIpc) is 3.01. The Morgan fingerprint density at radius 3 is 2.67 bits per heavy atom. The van der Waals surface area contributed by atoms with Crippen LogP contribution < -0.4 is 25.8 Å². The third-order valence-corrected chi connectivity index (χ3v) is 8.04. The van der Waals surface area contributed by atoms with Gasteiger partial charge in [0.25, 0.3) is 5.91 Å². The minimum absolute atomic E-state index is 0.128. The van der Waals surface area contributed by atoms with Gasteiger partial charge in [0, 0.05) is 41.6 Å². The Labute approximate surface area is 251 Å². The molecule has 2 aromatic heterocycles. The predicted molar refractivity (Wildman–Crippen MR) is 166 cm³/mol. The fraction of sp³-hybridized carbons (Fsp3) is 0.333. The van der Waals surface area contributed by atoms with Crippen LogP contribution >= 0.6 is 0 Å². The summed E-state index contributed by atoms with van der Waals surface area (Å²) >= 11 is 0. The molecular weight excluding hydrogens is 573 g/mol. The number of fused-ring (bicyclic) bond motifs is 1. The molecule has 1 saturated heterocycles. The molecule has 5 rings (SSSR count). The number of unbranched alkanes of at least 4 members (excludes halogenated alkanes) is 2. The molecule has 1 atom stereocenters. The number of pyridine rings is 1. The summed E-state index contributed by atoms with van der Waals surface area (Å²) in [5.74, 6) is 0.742. The van der Waals surface area contributed by atoms with Gasteiger partial charge >= 0.3 is 0 Å². The number of ether oxygens (including phenoxy) is 2. The Balaban J connectivity index is 1.66. The lowest BCUT2D eigenvalue weighted by Gasteiger charge is -2.29. The molecule has 1 fully saturated rings. The molecule has 11 nitrogen and oxygen atoms in total. The number of nitrogens with one attached hydrogen (secondary N) is 1. The Bertz CT molecular complexity index is 1630. The monoisotopic (exact) mass is 607 g/mol. The van der Waals surface area contributed by atoms with Crippen molar-refractivity contribution >= 4 is 45.1 Å². The molecule has 1 unspecified atom stereocenters. The van der Waals surface area contributed by atoms with Gasteiger partial charge in [-0.25, -0.2) is 23.6 Å². The maximum absolute atomic E-state index is 15.9. The molecule has 0 saturated carbocycles. The highest BCUT2D eigenvalue weighted by atomic mass is 32.2. The van der Waals surface area contributed by atoms with Crippen LogP contribution in [0.25, 0.3) is 33.4 Å². The van der Waals surface area contributed by atoms with E-state index in [1.165, 1.54) is 0 Å². The number of primary amides is 1. The Kier molecular flexibility index (Phi) is 9.62. The first-order valence-corrected chi connectivity index (χ1v) is 15.4. The van der Waals surface area contributed by atoms with Gasteiger partial charge in [-0.3, -0.25) is 4.79 Å². The number of morpholine rings is 1. The van der Waals surface area contributed by atoms with E-state index in [-0.39, 0.29) is 17.0 Å². The molecule has 226 valence electrons. The molecule has 5 N–H and O–H groups in total. The molecule has 3 heterocycles. The lowest BCUT2D eigenvalue weighted by Crippen LogP contribution is -2.37. The first-order valence-electron chi connectivity index (χ1n) is 14.1. The Morgan fingerprint density at radius 2 is 1.95 bits per heavy atom. The average molecular weight is 608 g/mol. The largest absolute Gasteiger partial charge is 0.481 e. The number of anilines is 3. The molecule has 0 spiro atoms. The van der Waals surface area contributed by atoms with Crippen molar-refractivity contribution in [2.75, 3.05) is 54.0 Å². The maximum Gasteiger partial charge on any atom is 0.255 e. The van der Waals surface area contributed by atoms with Gasteiger partial charge in [0.1, 0.15) is 33.9 Å². The van der Waals surface area contributed by atoms with Crippen LogP contribution in [0.1, 0.15) is 26.2 Å². The standard InChI is InChI=1S/C30H34FN7O4S/c1-2-3-4-14-43(40)37-23-7-5-6-21(27(23)31)20-15-22-28(24(16-20)42-18-26(33)39)35-29(19-8-9-25(32)34-17-19)36-30(22)38-10-12-41-13-11-38/h5-9,15-17,37H,2-4,10-14,18H2,1H3,(H2,32,34)(H2,33,39). The second kappa shape index (κ2) is 13.7. The minimum Gasteiger partial charge on any atom is -0.481 e. The molecule has 43 heavy (non-hydrogen) atoms. The molecule has 1 amide bonds. The highest BCUT2D eigenvalue weighted by molar-refractivity contribution is 7.86. The number of hydrogen-bond acceptors (Lipinski definition) is 9. The van der Waals surface area contributed by atoms with Crippen LogP contribution in [0.15, 0.2) is 48.7 Å². The third kappa shape index (κ3) is 7.17. The van der Waals surface area contributed by atoms with Crippen LogP contribution in [-0.2, 0) is 20.5 Å². The van der Waals surface area contributed by atoms with Crippen LogP contribution in [0.3, 0.4) is 0 Å². The number of benzene rings is 2. The van der Waals surface area contributed by atoms with Crippen LogP contribution in [0.4, 0.5) is 21.7 Å². The van der Waals surface area contributed by atoms with E-state index in [4.69, 9.17) is 30.9 Å². The Hall–Kier alpha value is -4.36. The van der Waals surface area contributed by atoms with E-state index >= 15 is 4.39 Å². The summed E-state index contributed by atoms with van der Waals surface area (Å²) < 4.78 is 42.7.